The van der Waals surface area contributed by atoms with E-state index >= 15 is 0 Å². The van der Waals surface area contributed by atoms with E-state index in [-0.39, 0.29) is 5.97 Å². The van der Waals surface area contributed by atoms with E-state index in [9.17, 15) is 4.79 Å². The number of ether oxygens (including phenoxy) is 1. The number of carbonyl (C=O) groups excluding carboxylic acids is 1. The topological polar surface area (TPSA) is 51.2 Å². The molecule has 0 aromatic carbocycles. The highest BCUT2D eigenvalue weighted by Gasteiger charge is 2.12. The zero-order chi connectivity index (χ0) is 13.0. The number of rotatable bonds is 4. The minimum absolute atomic E-state index is 0.381. The van der Waals surface area contributed by atoms with Gasteiger partial charge >= 0.3 is 5.97 Å². The third-order valence-corrected chi connectivity index (χ3v) is 3.62. The van der Waals surface area contributed by atoms with Crippen molar-refractivity contribution in [2.45, 2.75) is 13.5 Å². The number of methoxy groups -OCH3 is 1. The lowest BCUT2D eigenvalue weighted by atomic mass is 10.2. The van der Waals surface area contributed by atoms with E-state index in [1.54, 1.807) is 29.7 Å². The number of nitrogens with zero attached hydrogens (tertiary/aromatic N) is 1. The molecule has 0 saturated carbocycles. The first-order valence-electron chi connectivity index (χ1n) is 5.52. The van der Waals surface area contributed by atoms with E-state index in [0.29, 0.717) is 17.9 Å². The fourth-order valence-corrected chi connectivity index (χ4v) is 2.42. The summed E-state index contributed by atoms with van der Waals surface area (Å²) in [5, 5.41) is 5.22. The van der Waals surface area contributed by atoms with E-state index in [2.05, 4.69) is 23.3 Å². The molecule has 2 heterocycles. The van der Waals surface area contributed by atoms with E-state index < -0.39 is 0 Å². The van der Waals surface area contributed by atoms with E-state index in [1.807, 2.05) is 5.38 Å². The highest BCUT2D eigenvalue weighted by Crippen LogP contribution is 2.19. The molecule has 18 heavy (non-hydrogen) atoms. The number of pyridine rings is 1. The summed E-state index contributed by atoms with van der Waals surface area (Å²) in [6, 6.07) is 5.48. The van der Waals surface area contributed by atoms with E-state index in [4.69, 9.17) is 4.74 Å². The van der Waals surface area contributed by atoms with Gasteiger partial charge in [0.1, 0.15) is 11.4 Å². The van der Waals surface area contributed by atoms with Crippen LogP contribution in [-0.4, -0.2) is 18.1 Å². The van der Waals surface area contributed by atoms with Crippen molar-refractivity contribution < 1.29 is 9.53 Å². The number of aryl methyl sites for hydroxylation is 1. The number of hydrogen-bond donors (Lipinski definition) is 1. The lowest BCUT2D eigenvalue weighted by Crippen LogP contribution is -2.09. The van der Waals surface area contributed by atoms with Crippen LogP contribution in [-0.2, 0) is 11.3 Å². The molecule has 0 aliphatic rings. The fourth-order valence-electron chi connectivity index (χ4n) is 1.57. The molecule has 0 aliphatic carbocycles. The van der Waals surface area contributed by atoms with Gasteiger partial charge in [-0.1, -0.05) is 0 Å². The van der Waals surface area contributed by atoms with Crippen molar-refractivity contribution in [3.63, 3.8) is 0 Å². The number of anilines is 1. The summed E-state index contributed by atoms with van der Waals surface area (Å²) in [5.41, 5.74) is 1.69. The summed E-state index contributed by atoms with van der Waals surface area (Å²) in [5.74, 6) is 0.172. The van der Waals surface area contributed by atoms with Crippen LogP contribution in [0.15, 0.2) is 29.8 Å². The van der Waals surface area contributed by atoms with Crippen LogP contribution in [0.4, 0.5) is 5.82 Å². The first-order chi connectivity index (χ1) is 8.72. The molecule has 0 unspecified atom stereocenters. The molecule has 2 aromatic rings. The Morgan fingerprint density at radius 1 is 1.50 bits per heavy atom. The average molecular weight is 262 g/mol. The van der Waals surface area contributed by atoms with E-state index in [0.717, 1.165) is 0 Å². The SMILES string of the molecule is COC(=O)c1cccnc1NCc1sccc1C. The smallest absolute Gasteiger partial charge is 0.341 e. The molecule has 1 N–H and O–H groups in total. The van der Waals surface area contributed by atoms with Gasteiger partial charge in [-0.15, -0.1) is 11.3 Å². The largest absolute Gasteiger partial charge is 0.465 e. The van der Waals surface area contributed by atoms with Gasteiger partial charge < -0.3 is 10.1 Å². The van der Waals surface area contributed by atoms with Crippen molar-refractivity contribution >= 4 is 23.1 Å². The summed E-state index contributed by atoms with van der Waals surface area (Å²) in [4.78, 5) is 17.0. The monoisotopic (exact) mass is 262 g/mol. The molecule has 0 aliphatic heterocycles. The van der Waals surface area contributed by atoms with Gasteiger partial charge in [-0.25, -0.2) is 9.78 Å². The highest BCUT2D eigenvalue weighted by atomic mass is 32.1. The highest BCUT2D eigenvalue weighted by molar-refractivity contribution is 7.10. The van der Waals surface area contributed by atoms with Gasteiger partial charge in [0.2, 0.25) is 0 Å². The van der Waals surface area contributed by atoms with Gasteiger partial charge in [0, 0.05) is 11.1 Å². The Kier molecular flexibility index (Phi) is 3.94. The molecule has 94 valence electrons. The Labute approximate surface area is 110 Å². The second kappa shape index (κ2) is 5.64. The van der Waals surface area contributed by atoms with Crippen LogP contribution < -0.4 is 5.32 Å². The number of thiophene rings is 1. The molecular weight excluding hydrogens is 248 g/mol. The first kappa shape index (κ1) is 12.6. The van der Waals surface area contributed by atoms with Crippen molar-refractivity contribution in [1.82, 2.24) is 4.98 Å². The molecule has 2 rings (SSSR count). The molecule has 0 atom stereocenters. The zero-order valence-corrected chi connectivity index (χ0v) is 11.1. The maximum absolute atomic E-state index is 11.6. The predicted molar refractivity (Wildman–Crippen MR) is 72.0 cm³/mol. The molecule has 0 saturated heterocycles. The van der Waals surface area contributed by atoms with Gasteiger partial charge in [-0.3, -0.25) is 0 Å². The van der Waals surface area contributed by atoms with Gasteiger partial charge in [-0.2, -0.15) is 0 Å². The molecule has 0 radical (unpaired) electrons. The Morgan fingerprint density at radius 2 is 2.33 bits per heavy atom. The number of carbonyl (C=O) groups is 1. The predicted octanol–water partition coefficient (Wildman–Crippen LogP) is 2.85. The van der Waals surface area contributed by atoms with Crippen LogP contribution in [0.5, 0.6) is 0 Å². The van der Waals surface area contributed by atoms with Crippen molar-refractivity contribution in [2.24, 2.45) is 0 Å². The molecule has 0 fully saturated rings. The second-order valence-electron chi connectivity index (χ2n) is 3.77. The van der Waals surface area contributed by atoms with Crippen molar-refractivity contribution in [3.05, 3.63) is 45.8 Å². The normalized spacial score (nSPS) is 10.1. The summed E-state index contributed by atoms with van der Waals surface area (Å²) in [6.45, 7) is 2.72. The Hall–Kier alpha value is -1.88. The zero-order valence-electron chi connectivity index (χ0n) is 10.3. The van der Waals surface area contributed by atoms with Crippen LogP contribution in [0.3, 0.4) is 0 Å². The van der Waals surface area contributed by atoms with Crippen molar-refractivity contribution in [3.8, 4) is 0 Å². The lowest BCUT2D eigenvalue weighted by molar-refractivity contribution is 0.0601. The quantitative estimate of drug-likeness (QED) is 0.861. The van der Waals surface area contributed by atoms with Gasteiger partial charge in [0.15, 0.2) is 0 Å². The maximum atomic E-state index is 11.6. The number of nitrogens with one attached hydrogen (secondary N) is 1. The molecule has 0 amide bonds. The van der Waals surface area contributed by atoms with Crippen LogP contribution in [0, 0.1) is 6.92 Å². The summed E-state index contributed by atoms with van der Waals surface area (Å²) in [7, 11) is 1.36. The Bertz CT molecular complexity index is 551. The number of aromatic nitrogens is 1. The molecule has 5 heteroatoms. The van der Waals surface area contributed by atoms with Crippen LogP contribution in [0.2, 0.25) is 0 Å². The first-order valence-corrected chi connectivity index (χ1v) is 6.40. The molecular formula is C13H14N2O2S. The Morgan fingerprint density at radius 3 is 3.00 bits per heavy atom. The van der Waals surface area contributed by atoms with Gasteiger partial charge in [0.25, 0.3) is 0 Å². The molecule has 2 aromatic heterocycles. The van der Waals surface area contributed by atoms with Crippen LogP contribution >= 0.6 is 11.3 Å². The summed E-state index contributed by atoms with van der Waals surface area (Å²) < 4.78 is 4.72. The van der Waals surface area contributed by atoms with Crippen molar-refractivity contribution in [1.29, 1.82) is 0 Å². The standard InChI is InChI=1S/C13H14N2O2S/c1-9-5-7-18-11(9)8-15-12-10(13(16)17-2)4-3-6-14-12/h3-7H,8H2,1-2H3,(H,14,15). The summed E-state index contributed by atoms with van der Waals surface area (Å²) in [6.07, 6.45) is 1.65. The minimum atomic E-state index is -0.381. The lowest BCUT2D eigenvalue weighted by Gasteiger charge is -2.08. The van der Waals surface area contributed by atoms with Gasteiger partial charge in [0.05, 0.1) is 13.7 Å². The maximum Gasteiger partial charge on any atom is 0.341 e. The fraction of sp³-hybridized carbons (Fsp3) is 0.231. The van der Waals surface area contributed by atoms with Crippen molar-refractivity contribution in [2.75, 3.05) is 12.4 Å². The number of esters is 1. The third-order valence-electron chi connectivity index (χ3n) is 2.60. The van der Waals surface area contributed by atoms with Crippen LogP contribution in [0.25, 0.3) is 0 Å². The third kappa shape index (κ3) is 2.68. The molecule has 4 nitrogen and oxygen atoms in total. The molecule has 0 spiro atoms. The second-order valence-corrected chi connectivity index (χ2v) is 4.77. The number of hydrogen-bond acceptors (Lipinski definition) is 5. The minimum Gasteiger partial charge on any atom is -0.465 e. The Balaban J connectivity index is 2.14. The molecule has 0 bridgehead atoms. The van der Waals surface area contributed by atoms with Gasteiger partial charge in [-0.05, 0) is 36.1 Å². The van der Waals surface area contributed by atoms with E-state index in [1.165, 1.54) is 17.6 Å². The average Bonchev–Trinajstić information content (AvgIpc) is 2.81. The van der Waals surface area contributed by atoms with Crippen LogP contribution in [0.1, 0.15) is 20.8 Å². The summed E-state index contributed by atoms with van der Waals surface area (Å²) >= 11 is 1.68.